The fourth-order valence-corrected chi connectivity index (χ4v) is 2.86. The van der Waals surface area contributed by atoms with E-state index in [0.29, 0.717) is 12.0 Å². The van der Waals surface area contributed by atoms with Crippen molar-refractivity contribution < 1.29 is 18.3 Å². The van der Waals surface area contributed by atoms with Crippen molar-refractivity contribution in [2.75, 3.05) is 7.11 Å². The summed E-state index contributed by atoms with van der Waals surface area (Å²) < 4.78 is 34.4. The standard InChI is InChI=1S/C17H25F2N3O2/c1-23-14-9-8-12(10-15(14)24-16(18)19)11-21-17(20)22-13-6-4-2-3-5-7-13/h8-10,13,16H,2-7,11H2,1H3,(H3,20,21,22). The third-order valence-corrected chi connectivity index (χ3v) is 4.08. The molecule has 3 N–H and O–H groups in total. The molecule has 2 rings (SSSR count). The highest BCUT2D eigenvalue weighted by molar-refractivity contribution is 5.78. The van der Waals surface area contributed by atoms with Gasteiger partial charge in [0, 0.05) is 6.04 Å². The van der Waals surface area contributed by atoms with E-state index in [4.69, 9.17) is 10.5 Å². The van der Waals surface area contributed by atoms with Gasteiger partial charge in [0.1, 0.15) is 0 Å². The lowest BCUT2D eigenvalue weighted by atomic mass is 10.1. The minimum Gasteiger partial charge on any atom is -0.493 e. The molecule has 1 aliphatic rings. The molecule has 0 amide bonds. The van der Waals surface area contributed by atoms with Gasteiger partial charge in [-0.2, -0.15) is 8.78 Å². The molecule has 1 saturated carbocycles. The smallest absolute Gasteiger partial charge is 0.387 e. The van der Waals surface area contributed by atoms with Gasteiger partial charge in [-0.05, 0) is 30.5 Å². The van der Waals surface area contributed by atoms with Crippen LogP contribution in [0.2, 0.25) is 0 Å². The number of hydrogen-bond acceptors (Lipinski definition) is 3. The van der Waals surface area contributed by atoms with Crippen molar-refractivity contribution in [2.24, 2.45) is 10.7 Å². The first kappa shape index (κ1) is 18.3. The van der Waals surface area contributed by atoms with E-state index < -0.39 is 6.61 Å². The van der Waals surface area contributed by atoms with E-state index in [2.05, 4.69) is 15.0 Å². The van der Waals surface area contributed by atoms with Gasteiger partial charge >= 0.3 is 6.61 Å². The summed E-state index contributed by atoms with van der Waals surface area (Å²) in [5.41, 5.74) is 6.66. The van der Waals surface area contributed by atoms with Crippen molar-refractivity contribution in [3.8, 4) is 11.5 Å². The molecule has 134 valence electrons. The molecule has 0 unspecified atom stereocenters. The predicted octanol–water partition coefficient (Wildman–Crippen LogP) is 3.42. The number of alkyl halides is 2. The quantitative estimate of drug-likeness (QED) is 0.472. The summed E-state index contributed by atoms with van der Waals surface area (Å²) in [6, 6.07) is 5.19. The fourth-order valence-electron chi connectivity index (χ4n) is 2.86. The Morgan fingerprint density at radius 2 is 1.96 bits per heavy atom. The molecule has 7 heteroatoms. The zero-order chi connectivity index (χ0) is 17.4. The van der Waals surface area contributed by atoms with Gasteiger partial charge < -0.3 is 20.5 Å². The molecular weight excluding hydrogens is 316 g/mol. The Bertz CT molecular complexity index is 545. The van der Waals surface area contributed by atoms with Crippen LogP contribution in [0.5, 0.6) is 11.5 Å². The first-order valence-corrected chi connectivity index (χ1v) is 8.26. The first-order chi connectivity index (χ1) is 11.6. The van der Waals surface area contributed by atoms with Crippen molar-refractivity contribution in [1.29, 1.82) is 0 Å². The SMILES string of the molecule is COc1ccc(CN=C(N)NC2CCCCCC2)cc1OC(F)F. The van der Waals surface area contributed by atoms with Crippen LogP contribution in [-0.2, 0) is 6.54 Å². The molecule has 24 heavy (non-hydrogen) atoms. The van der Waals surface area contributed by atoms with E-state index in [9.17, 15) is 8.78 Å². The normalized spacial score (nSPS) is 16.8. The Labute approximate surface area is 141 Å². The summed E-state index contributed by atoms with van der Waals surface area (Å²) in [6.07, 6.45) is 7.16. The topological polar surface area (TPSA) is 68.9 Å². The molecule has 0 bridgehead atoms. The fraction of sp³-hybridized carbons (Fsp3) is 0.588. The van der Waals surface area contributed by atoms with E-state index in [1.54, 1.807) is 12.1 Å². The van der Waals surface area contributed by atoms with Crippen molar-refractivity contribution in [2.45, 2.75) is 57.7 Å². The monoisotopic (exact) mass is 341 g/mol. The lowest BCUT2D eigenvalue weighted by Crippen LogP contribution is -2.39. The van der Waals surface area contributed by atoms with Gasteiger partial charge in [0.2, 0.25) is 0 Å². The molecule has 1 fully saturated rings. The third kappa shape index (κ3) is 5.86. The molecule has 0 aromatic heterocycles. The molecule has 0 heterocycles. The maximum atomic E-state index is 12.4. The van der Waals surface area contributed by atoms with Crippen LogP contribution in [0.3, 0.4) is 0 Å². The Morgan fingerprint density at radius 1 is 1.25 bits per heavy atom. The van der Waals surface area contributed by atoms with Crippen LogP contribution in [0.4, 0.5) is 8.78 Å². The highest BCUT2D eigenvalue weighted by Gasteiger charge is 2.13. The van der Waals surface area contributed by atoms with Crippen LogP contribution >= 0.6 is 0 Å². The number of methoxy groups -OCH3 is 1. The van der Waals surface area contributed by atoms with Gasteiger partial charge in [0.15, 0.2) is 17.5 Å². The van der Waals surface area contributed by atoms with Gasteiger partial charge in [0.25, 0.3) is 0 Å². The molecule has 1 aliphatic carbocycles. The predicted molar refractivity (Wildman–Crippen MR) is 89.6 cm³/mol. The second kappa shape index (κ2) is 9.30. The Morgan fingerprint density at radius 3 is 2.58 bits per heavy atom. The minimum atomic E-state index is -2.90. The summed E-state index contributed by atoms with van der Waals surface area (Å²) in [5, 5.41) is 3.25. The number of aliphatic imine (C=N–C) groups is 1. The van der Waals surface area contributed by atoms with Crippen molar-refractivity contribution in [3.05, 3.63) is 23.8 Å². The second-order valence-corrected chi connectivity index (χ2v) is 5.90. The Balaban J connectivity index is 1.96. The van der Waals surface area contributed by atoms with E-state index in [1.807, 2.05) is 0 Å². The van der Waals surface area contributed by atoms with Crippen LogP contribution in [-0.4, -0.2) is 25.7 Å². The number of nitrogens with one attached hydrogen (secondary N) is 1. The molecule has 0 atom stereocenters. The molecule has 5 nitrogen and oxygen atoms in total. The zero-order valence-corrected chi connectivity index (χ0v) is 13.9. The lowest BCUT2D eigenvalue weighted by Gasteiger charge is -2.16. The van der Waals surface area contributed by atoms with Gasteiger partial charge in [-0.1, -0.05) is 31.7 Å². The molecule has 1 aromatic carbocycles. The van der Waals surface area contributed by atoms with Crippen molar-refractivity contribution in [3.63, 3.8) is 0 Å². The summed E-state index contributed by atoms with van der Waals surface area (Å²) in [4.78, 5) is 4.29. The second-order valence-electron chi connectivity index (χ2n) is 5.90. The third-order valence-electron chi connectivity index (χ3n) is 4.08. The average molecular weight is 341 g/mol. The Kier molecular flexibility index (Phi) is 7.08. The molecule has 0 saturated heterocycles. The van der Waals surface area contributed by atoms with E-state index in [0.717, 1.165) is 18.4 Å². The molecule has 0 spiro atoms. The summed E-state index contributed by atoms with van der Waals surface area (Å²) in [5.74, 6) is 0.636. The summed E-state index contributed by atoms with van der Waals surface area (Å²) in [7, 11) is 1.40. The number of benzene rings is 1. The van der Waals surface area contributed by atoms with Gasteiger partial charge in [-0.3, -0.25) is 0 Å². The molecule has 0 aliphatic heterocycles. The number of halogens is 2. The number of hydrogen-bond donors (Lipinski definition) is 2. The number of nitrogens with zero attached hydrogens (tertiary/aromatic N) is 1. The summed E-state index contributed by atoms with van der Waals surface area (Å²) >= 11 is 0. The first-order valence-electron chi connectivity index (χ1n) is 8.26. The zero-order valence-electron chi connectivity index (χ0n) is 13.9. The van der Waals surface area contributed by atoms with Crippen LogP contribution in [0.25, 0.3) is 0 Å². The van der Waals surface area contributed by atoms with Crippen LogP contribution in [0.1, 0.15) is 44.1 Å². The lowest BCUT2D eigenvalue weighted by molar-refractivity contribution is -0.0512. The molecule has 1 aromatic rings. The maximum Gasteiger partial charge on any atom is 0.387 e. The van der Waals surface area contributed by atoms with E-state index in [1.165, 1.54) is 38.9 Å². The highest BCUT2D eigenvalue weighted by atomic mass is 19.3. The van der Waals surface area contributed by atoms with Crippen molar-refractivity contribution >= 4 is 5.96 Å². The van der Waals surface area contributed by atoms with Gasteiger partial charge in [-0.25, -0.2) is 4.99 Å². The number of rotatable bonds is 6. The van der Waals surface area contributed by atoms with Crippen LogP contribution in [0, 0.1) is 0 Å². The van der Waals surface area contributed by atoms with Gasteiger partial charge in [-0.15, -0.1) is 0 Å². The summed E-state index contributed by atoms with van der Waals surface area (Å²) in [6.45, 7) is -2.62. The minimum absolute atomic E-state index is 0.00417. The molecular formula is C17H25F2N3O2. The highest BCUT2D eigenvalue weighted by Crippen LogP contribution is 2.29. The van der Waals surface area contributed by atoms with E-state index in [-0.39, 0.29) is 18.0 Å². The van der Waals surface area contributed by atoms with E-state index >= 15 is 0 Å². The van der Waals surface area contributed by atoms with Crippen LogP contribution in [0.15, 0.2) is 23.2 Å². The maximum absolute atomic E-state index is 12.4. The Hall–Kier alpha value is -2.05. The average Bonchev–Trinajstić information content (AvgIpc) is 2.81. The van der Waals surface area contributed by atoms with Gasteiger partial charge in [0.05, 0.1) is 13.7 Å². The van der Waals surface area contributed by atoms with Crippen molar-refractivity contribution in [1.82, 2.24) is 5.32 Å². The molecule has 0 radical (unpaired) electrons. The number of nitrogens with two attached hydrogens (primary N) is 1. The number of ether oxygens (including phenoxy) is 2. The largest absolute Gasteiger partial charge is 0.493 e. The number of guanidine groups is 1. The van der Waals surface area contributed by atoms with Crippen LogP contribution < -0.4 is 20.5 Å².